The van der Waals surface area contributed by atoms with Gasteiger partial charge in [0, 0.05) is 36.4 Å². The molecule has 0 atom stereocenters. The predicted molar refractivity (Wildman–Crippen MR) is 61.9 cm³/mol. The molecule has 0 aliphatic heterocycles. The molecule has 2 rings (SSSR count). The van der Waals surface area contributed by atoms with Crippen LogP contribution in [-0.2, 0) is 13.6 Å². The molecule has 1 aromatic heterocycles. The van der Waals surface area contributed by atoms with E-state index >= 15 is 0 Å². The van der Waals surface area contributed by atoms with Crippen molar-refractivity contribution in [1.29, 1.82) is 0 Å². The van der Waals surface area contributed by atoms with Crippen molar-refractivity contribution >= 4 is 17.4 Å². The van der Waals surface area contributed by atoms with Crippen LogP contribution in [0.4, 0.5) is 10.2 Å². The molecule has 0 aliphatic carbocycles. The lowest BCUT2D eigenvalue weighted by Gasteiger charge is -2.05. The quantitative estimate of drug-likeness (QED) is 0.893. The lowest BCUT2D eigenvalue weighted by Crippen LogP contribution is -2.02. The van der Waals surface area contributed by atoms with Crippen LogP contribution in [0, 0.1) is 5.82 Å². The maximum Gasteiger partial charge on any atom is 0.148 e. The van der Waals surface area contributed by atoms with Crippen molar-refractivity contribution in [2.24, 2.45) is 7.05 Å². The Morgan fingerprint density at radius 1 is 1.44 bits per heavy atom. The zero-order valence-corrected chi connectivity index (χ0v) is 9.50. The zero-order chi connectivity index (χ0) is 11.5. The minimum Gasteiger partial charge on any atom is -0.364 e. The Morgan fingerprint density at radius 3 is 2.94 bits per heavy atom. The van der Waals surface area contributed by atoms with Crippen LogP contribution in [0.15, 0.2) is 30.5 Å². The van der Waals surface area contributed by atoms with Crippen molar-refractivity contribution in [3.63, 3.8) is 0 Å². The van der Waals surface area contributed by atoms with Gasteiger partial charge in [0.25, 0.3) is 0 Å². The Bertz CT molecular complexity index is 496. The van der Waals surface area contributed by atoms with Crippen molar-refractivity contribution in [2.45, 2.75) is 6.54 Å². The van der Waals surface area contributed by atoms with Gasteiger partial charge < -0.3 is 5.32 Å². The molecule has 0 radical (unpaired) electrons. The van der Waals surface area contributed by atoms with E-state index in [1.165, 1.54) is 12.1 Å². The number of aromatic nitrogens is 2. The number of rotatable bonds is 3. The normalized spacial score (nSPS) is 10.4. The summed E-state index contributed by atoms with van der Waals surface area (Å²) in [4.78, 5) is 0. The maximum absolute atomic E-state index is 13.4. The first-order valence-electron chi connectivity index (χ1n) is 4.82. The predicted octanol–water partition coefficient (Wildman–Crippen LogP) is 2.82. The first-order chi connectivity index (χ1) is 7.65. The van der Waals surface area contributed by atoms with E-state index in [0.717, 1.165) is 0 Å². The van der Waals surface area contributed by atoms with Gasteiger partial charge in [-0.3, -0.25) is 4.68 Å². The van der Waals surface area contributed by atoms with Crippen molar-refractivity contribution in [1.82, 2.24) is 9.78 Å². The van der Waals surface area contributed by atoms with E-state index in [0.29, 0.717) is 22.9 Å². The number of benzene rings is 1. The van der Waals surface area contributed by atoms with Gasteiger partial charge in [-0.15, -0.1) is 0 Å². The van der Waals surface area contributed by atoms with Gasteiger partial charge in [-0.2, -0.15) is 5.10 Å². The first-order valence-corrected chi connectivity index (χ1v) is 5.20. The number of halogens is 2. The fourth-order valence-electron chi connectivity index (χ4n) is 1.37. The van der Waals surface area contributed by atoms with Gasteiger partial charge in [0.1, 0.15) is 11.6 Å². The molecule has 0 aliphatic rings. The molecule has 0 saturated carbocycles. The molecule has 2 aromatic rings. The largest absolute Gasteiger partial charge is 0.364 e. The lowest BCUT2D eigenvalue weighted by atomic mass is 10.2. The van der Waals surface area contributed by atoms with Crippen LogP contribution < -0.4 is 5.32 Å². The van der Waals surface area contributed by atoms with Gasteiger partial charge in [-0.25, -0.2) is 4.39 Å². The molecule has 0 saturated heterocycles. The Kier molecular flexibility index (Phi) is 3.10. The molecule has 3 nitrogen and oxygen atoms in total. The summed E-state index contributed by atoms with van der Waals surface area (Å²) in [6.07, 6.45) is 1.82. The number of aryl methyl sites for hydroxylation is 1. The van der Waals surface area contributed by atoms with Crippen molar-refractivity contribution in [3.8, 4) is 0 Å². The highest BCUT2D eigenvalue weighted by atomic mass is 35.5. The van der Waals surface area contributed by atoms with Crippen LogP contribution in [0.5, 0.6) is 0 Å². The summed E-state index contributed by atoms with van der Waals surface area (Å²) in [5, 5.41) is 7.67. The number of nitrogens with one attached hydrogen (secondary N) is 1. The van der Waals surface area contributed by atoms with E-state index in [9.17, 15) is 4.39 Å². The van der Waals surface area contributed by atoms with Gasteiger partial charge in [-0.1, -0.05) is 11.6 Å². The van der Waals surface area contributed by atoms with E-state index in [1.807, 2.05) is 19.3 Å². The second kappa shape index (κ2) is 4.53. The van der Waals surface area contributed by atoms with Crippen LogP contribution in [0.2, 0.25) is 5.02 Å². The van der Waals surface area contributed by atoms with E-state index in [4.69, 9.17) is 11.6 Å². The standard InChI is InChI=1S/C11H11ClFN3/c1-16-5-4-11(15-16)14-7-8-6-9(12)2-3-10(8)13/h2-6H,7H2,1H3,(H,14,15). The maximum atomic E-state index is 13.4. The van der Waals surface area contributed by atoms with Crippen molar-refractivity contribution < 1.29 is 4.39 Å². The second-order valence-corrected chi connectivity index (χ2v) is 3.90. The fourth-order valence-corrected chi connectivity index (χ4v) is 1.57. The van der Waals surface area contributed by atoms with Gasteiger partial charge in [-0.05, 0) is 18.2 Å². The second-order valence-electron chi connectivity index (χ2n) is 3.46. The average molecular weight is 240 g/mol. The Morgan fingerprint density at radius 2 is 2.25 bits per heavy atom. The SMILES string of the molecule is Cn1ccc(NCc2cc(Cl)ccc2F)n1. The van der Waals surface area contributed by atoms with E-state index < -0.39 is 0 Å². The molecule has 1 N–H and O–H groups in total. The van der Waals surface area contributed by atoms with E-state index in [-0.39, 0.29) is 5.82 Å². The van der Waals surface area contributed by atoms with Crippen molar-refractivity contribution in [2.75, 3.05) is 5.32 Å². The Labute approximate surface area is 97.8 Å². The number of anilines is 1. The summed E-state index contributed by atoms with van der Waals surface area (Å²) in [5.41, 5.74) is 0.526. The van der Waals surface area contributed by atoms with Gasteiger partial charge in [0.05, 0.1) is 0 Å². The Hall–Kier alpha value is -1.55. The number of nitrogens with zero attached hydrogens (tertiary/aromatic N) is 2. The summed E-state index contributed by atoms with van der Waals surface area (Å²) >= 11 is 5.79. The number of hydrogen-bond donors (Lipinski definition) is 1. The molecule has 0 unspecified atom stereocenters. The summed E-state index contributed by atoms with van der Waals surface area (Å²) in [6, 6.07) is 6.31. The molecule has 1 aromatic carbocycles. The average Bonchev–Trinajstić information content (AvgIpc) is 2.66. The van der Waals surface area contributed by atoms with Gasteiger partial charge in [0.2, 0.25) is 0 Å². The highest BCUT2D eigenvalue weighted by molar-refractivity contribution is 6.30. The first kappa shape index (κ1) is 11.0. The van der Waals surface area contributed by atoms with Crippen molar-refractivity contribution in [3.05, 3.63) is 46.9 Å². The van der Waals surface area contributed by atoms with E-state index in [2.05, 4.69) is 10.4 Å². The van der Waals surface area contributed by atoms with Crippen LogP contribution in [0.25, 0.3) is 0 Å². The van der Waals surface area contributed by atoms with Gasteiger partial charge >= 0.3 is 0 Å². The molecule has 1 heterocycles. The van der Waals surface area contributed by atoms with Crippen LogP contribution >= 0.6 is 11.6 Å². The van der Waals surface area contributed by atoms with Gasteiger partial charge in [0.15, 0.2) is 0 Å². The Balaban J connectivity index is 2.07. The molecular weight excluding hydrogens is 229 g/mol. The van der Waals surface area contributed by atoms with Crippen LogP contribution in [0.1, 0.15) is 5.56 Å². The summed E-state index contributed by atoms with van der Waals surface area (Å²) in [6.45, 7) is 0.364. The molecule has 5 heteroatoms. The topological polar surface area (TPSA) is 29.9 Å². The lowest BCUT2D eigenvalue weighted by molar-refractivity contribution is 0.612. The molecule has 0 fully saturated rings. The molecule has 16 heavy (non-hydrogen) atoms. The molecule has 84 valence electrons. The zero-order valence-electron chi connectivity index (χ0n) is 8.74. The minimum absolute atomic E-state index is 0.271. The third-order valence-electron chi connectivity index (χ3n) is 2.18. The highest BCUT2D eigenvalue weighted by Gasteiger charge is 2.03. The molecule has 0 amide bonds. The van der Waals surface area contributed by atoms with E-state index in [1.54, 1.807) is 10.7 Å². The third kappa shape index (κ3) is 2.52. The third-order valence-corrected chi connectivity index (χ3v) is 2.42. The monoisotopic (exact) mass is 239 g/mol. The fraction of sp³-hybridized carbons (Fsp3) is 0.182. The highest BCUT2D eigenvalue weighted by Crippen LogP contribution is 2.16. The summed E-state index contributed by atoms with van der Waals surface area (Å²) in [5.74, 6) is 0.440. The summed E-state index contributed by atoms with van der Waals surface area (Å²) in [7, 11) is 1.82. The smallest absolute Gasteiger partial charge is 0.148 e. The molecule has 0 spiro atoms. The molecular formula is C11H11ClFN3. The number of hydrogen-bond acceptors (Lipinski definition) is 2. The van der Waals surface area contributed by atoms with Crippen LogP contribution in [-0.4, -0.2) is 9.78 Å². The minimum atomic E-state index is -0.271. The van der Waals surface area contributed by atoms with Crippen LogP contribution in [0.3, 0.4) is 0 Å². The molecule has 0 bridgehead atoms. The summed E-state index contributed by atoms with van der Waals surface area (Å²) < 4.78 is 15.0.